The Hall–Kier alpha value is -1.63. The van der Waals surface area contributed by atoms with Crippen molar-refractivity contribution in [2.75, 3.05) is 5.73 Å². The second-order valence-corrected chi connectivity index (χ2v) is 3.50. The lowest BCUT2D eigenvalue weighted by atomic mass is 10.3. The summed E-state index contributed by atoms with van der Waals surface area (Å²) in [6, 6.07) is 2.84. The fourth-order valence-corrected chi connectivity index (χ4v) is 1.56. The van der Waals surface area contributed by atoms with Gasteiger partial charge in [-0.2, -0.15) is 4.98 Å². The third-order valence-corrected chi connectivity index (χ3v) is 2.11. The van der Waals surface area contributed by atoms with E-state index < -0.39 is 4.92 Å². The molecule has 0 unspecified atom stereocenters. The van der Waals surface area contributed by atoms with E-state index in [1.54, 1.807) is 6.07 Å². The minimum atomic E-state index is -0.533. The van der Waals surface area contributed by atoms with Crippen LogP contribution in [0.5, 0.6) is 0 Å². The number of anilines is 1. The maximum atomic E-state index is 10.6. The second kappa shape index (κ2) is 2.95. The third-order valence-electron chi connectivity index (χ3n) is 1.65. The number of benzene rings is 1. The number of rotatable bonds is 1. The molecule has 6 nitrogen and oxygen atoms in total. The first-order valence-electron chi connectivity index (χ1n) is 3.58. The molecule has 0 saturated carbocycles. The van der Waals surface area contributed by atoms with E-state index in [9.17, 15) is 10.1 Å². The van der Waals surface area contributed by atoms with Crippen LogP contribution in [0.15, 0.2) is 21.0 Å². The molecule has 0 aliphatic carbocycles. The molecule has 0 spiro atoms. The number of nitro groups is 1. The lowest BCUT2D eigenvalue weighted by Crippen LogP contribution is -1.89. The van der Waals surface area contributed by atoms with Crippen LogP contribution >= 0.6 is 15.9 Å². The Labute approximate surface area is 86.0 Å². The van der Waals surface area contributed by atoms with Crippen molar-refractivity contribution in [1.29, 1.82) is 0 Å². The summed E-state index contributed by atoms with van der Waals surface area (Å²) in [6.07, 6.45) is 0. The van der Waals surface area contributed by atoms with Gasteiger partial charge in [-0.15, -0.1) is 0 Å². The number of nitrogens with two attached hydrogens (primary N) is 1. The fraction of sp³-hybridized carbons (Fsp3) is 0. The molecule has 0 aliphatic heterocycles. The number of fused-ring (bicyclic) bond motifs is 1. The topological polar surface area (TPSA) is 95.2 Å². The van der Waals surface area contributed by atoms with Crippen LogP contribution in [0.25, 0.3) is 11.1 Å². The fourth-order valence-electron chi connectivity index (χ4n) is 1.14. The van der Waals surface area contributed by atoms with Crippen molar-refractivity contribution in [3.8, 4) is 0 Å². The Morgan fingerprint density at radius 2 is 2.29 bits per heavy atom. The summed E-state index contributed by atoms with van der Waals surface area (Å²) < 4.78 is 5.52. The molecule has 0 bridgehead atoms. The average molecular weight is 258 g/mol. The monoisotopic (exact) mass is 257 g/mol. The Balaban J connectivity index is 2.85. The summed E-state index contributed by atoms with van der Waals surface area (Å²) >= 11 is 3.13. The van der Waals surface area contributed by atoms with Crippen LogP contribution in [0.3, 0.4) is 0 Å². The molecule has 1 aromatic heterocycles. The Bertz CT molecular complexity index is 522. The largest absolute Gasteiger partial charge is 0.423 e. The van der Waals surface area contributed by atoms with Gasteiger partial charge in [0.15, 0.2) is 11.1 Å². The molecule has 2 N–H and O–H groups in total. The number of non-ortho nitro benzene ring substituents is 1. The first-order chi connectivity index (χ1) is 6.58. The van der Waals surface area contributed by atoms with Gasteiger partial charge in [-0.1, -0.05) is 15.9 Å². The van der Waals surface area contributed by atoms with E-state index >= 15 is 0 Å². The summed E-state index contributed by atoms with van der Waals surface area (Å²) in [5.74, 6) is 0. The Morgan fingerprint density at radius 1 is 1.57 bits per heavy atom. The molecule has 1 aromatic carbocycles. The van der Waals surface area contributed by atoms with Crippen molar-refractivity contribution >= 4 is 38.7 Å². The molecule has 0 radical (unpaired) electrons. The van der Waals surface area contributed by atoms with Crippen LogP contribution in [0.2, 0.25) is 0 Å². The highest BCUT2D eigenvalue weighted by atomic mass is 79.9. The third kappa shape index (κ3) is 1.31. The van der Waals surface area contributed by atoms with Gasteiger partial charge in [-0.3, -0.25) is 10.1 Å². The number of hydrogen-bond acceptors (Lipinski definition) is 5. The zero-order valence-electron chi connectivity index (χ0n) is 6.73. The van der Waals surface area contributed by atoms with Gasteiger partial charge >= 0.3 is 0 Å². The number of hydrogen-bond donors (Lipinski definition) is 1. The molecule has 0 atom stereocenters. The van der Waals surface area contributed by atoms with Crippen molar-refractivity contribution in [2.45, 2.75) is 0 Å². The summed E-state index contributed by atoms with van der Waals surface area (Å²) in [4.78, 5) is 13.8. The van der Waals surface area contributed by atoms with Gasteiger partial charge < -0.3 is 10.2 Å². The highest BCUT2D eigenvalue weighted by Gasteiger charge is 2.18. The van der Waals surface area contributed by atoms with E-state index in [0.29, 0.717) is 10.1 Å². The number of nitro benzene ring substituents is 1. The predicted octanol–water partition coefficient (Wildman–Crippen LogP) is 2.08. The minimum absolute atomic E-state index is 0.0822. The first kappa shape index (κ1) is 8.95. The first-order valence-corrected chi connectivity index (χ1v) is 4.37. The van der Waals surface area contributed by atoms with Crippen molar-refractivity contribution in [1.82, 2.24) is 4.98 Å². The lowest BCUT2D eigenvalue weighted by molar-refractivity contribution is -0.383. The molecule has 2 aromatic rings. The molecule has 1 heterocycles. The lowest BCUT2D eigenvalue weighted by Gasteiger charge is -1.92. The van der Waals surface area contributed by atoms with Gasteiger partial charge in [0, 0.05) is 10.5 Å². The molecule has 0 amide bonds. The summed E-state index contributed by atoms with van der Waals surface area (Å²) in [5.41, 5.74) is 5.62. The molecular weight excluding hydrogens is 254 g/mol. The maximum Gasteiger partial charge on any atom is 0.300 e. The predicted molar refractivity (Wildman–Crippen MR) is 52.8 cm³/mol. The van der Waals surface area contributed by atoms with Gasteiger partial charge in [0.25, 0.3) is 11.7 Å². The van der Waals surface area contributed by atoms with E-state index in [2.05, 4.69) is 20.9 Å². The van der Waals surface area contributed by atoms with Crippen LogP contribution in [-0.2, 0) is 0 Å². The van der Waals surface area contributed by atoms with E-state index in [1.165, 1.54) is 6.07 Å². The highest BCUT2D eigenvalue weighted by Crippen LogP contribution is 2.30. The molecule has 2 rings (SSSR count). The van der Waals surface area contributed by atoms with Crippen LogP contribution in [-0.4, -0.2) is 9.91 Å². The zero-order chi connectivity index (χ0) is 10.3. The number of halogens is 1. The van der Waals surface area contributed by atoms with Gasteiger partial charge in [0.1, 0.15) is 0 Å². The molecule has 0 aliphatic rings. The minimum Gasteiger partial charge on any atom is -0.423 e. The van der Waals surface area contributed by atoms with E-state index in [1.807, 2.05) is 0 Å². The van der Waals surface area contributed by atoms with Crippen molar-refractivity contribution in [3.05, 3.63) is 26.7 Å². The van der Waals surface area contributed by atoms with Gasteiger partial charge in [-0.05, 0) is 6.07 Å². The van der Waals surface area contributed by atoms with Gasteiger partial charge in [0.05, 0.1) is 4.92 Å². The van der Waals surface area contributed by atoms with Gasteiger partial charge in [0.2, 0.25) is 0 Å². The summed E-state index contributed by atoms with van der Waals surface area (Å²) in [7, 11) is 0. The van der Waals surface area contributed by atoms with Crippen molar-refractivity contribution in [3.63, 3.8) is 0 Å². The van der Waals surface area contributed by atoms with E-state index in [0.717, 1.165) is 0 Å². The molecule has 72 valence electrons. The number of oxazole rings is 1. The zero-order valence-corrected chi connectivity index (χ0v) is 8.32. The highest BCUT2D eigenvalue weighted by molar-refractivity contribution is 9.10. The summed E-state index contributed by atoms with van der Waals surface area (Å²) in [6.45, 7) is 0. The molecule has 0 fully saturated rings. The number of nitrogen functional groups attached to an aromatic ring is 1. The maximum absolute atomic E-state index is 10.6. The SMILES string of the molecule is Nc1nc2c([N+](=O)[O-])cc(Br)cc2o1. The molecule has 0 saturated heterocycles. The van der Waals surface area contributed by atoms with Gasteiger partial charge in [-0.25, -0.2) is 0 Å². The normalized spacial score (nSPS) is 10.6. The second-order valence-electron chi connectivity index (χ2n) is 2.58. The molecule has 14 heavy (non-hydrogen) atoms. The quantitative estimate of drug-likeness (QED) is 0.624. The molecule has 7 heteroatoms. The van der Waals surface area contributed by atoms with Crippen molar-refractivity contribution < 1.29 is 9.34 Å². The standard InChI is InChI=1S/C7H4BrN3O3/c8-3-1-4(11(12)13)6-5(2-3)14-7(9)10-6/h1-2H,(H2,9,10). The van der Waals surface area contributed by atoms with Crippen LogP contribution in [0.4, 0.5) is 11.7 Å². The van der Waals surface area contributed by atoms with E-state index in [4.69, 9.17) is 10.2 Å². The Kier molecular flexibility index (Phi) is 1.88. The average Bonchev–Trinajstić information content (AvgIpc) is 2.42. The summed E-state index contributed by atoms with van der Waals surface area (Å²) in [5, 5.41) is 10.6. The van der Waals surface area contributed by atoms with Crippen molar-refractivity contribution in [2.24, 2.45) is 0 Å². The van der Waals surface area contributed by atoms with Crippen LogP contribution in [0, 0.1) is 10.1 Å². The molecular formula is C7H4BrN3O3. The number of nitrogens with zero attached hydrogens (tertiary/aromatic N) is 2. The van der Waals surface area contributed by atoms with E-state index in [-0.39, 0.29) is 17.2 Å². The Morgan fingerprint density at radius 3 is 2.93 bits per heavy atom. The smallest absolute Gasteiger partial charge is 0.300 e. The number of aromatic nitrogens is 1. The van der Waals surface area contributed by atoms with Crippen LogP contribution < -0.4 is 5.73 Å². The van der Waals surface area contributed by atoms with Crippen LogP contribution in [0.1, 0.15) is 0 Å².